The summed E-state index contributed by atoms with van der Waals surface area (Å²) in [6.45, 7) is 6.49. The number of allylic oxidation sites excluding steroid dienone is 1. The van der Waals surface area contributed by atoms with Gasteiger partial charge in [-0.1, -0.05) is 99.6 Å². The molecule has 0 saturated carbocycles. The van der Waals surface area contributed by atoms with Crippen molar-refractivity contribution in [1.29, 1.82) is 0 Å². The number of rotatable bonds is 6. The van der Waals surface area contributed by atoms with E-state index in [0.717, 1.165) is 58.2 Å². The Bertz CT molecular complexity index is 1370. The fraction of sp³-hybridized carbons (Fsp3) is 0.182. The molecule has 0 heterocycles. The number of benzene rings is 4. The van der Waals surface area contributed by atoms with Gasteiger partial charge in [-0.3, -0.25) is 4.79 Å². The summed E-state index contributed by atoms with van der Waals surface area (Å²) in [5, 5.41) is 0. The number of Topliss-reactive ketones (excluding diaryl/α,β-unsaturated/α-hetero) is 1. The standard InChI is InChI=1S/C33H30O/c1-4-22-7-13-25(14-8-22)28-19-20-29-30(21-28)31(26-15-9-23(5-2)10-16-26)32(33(29)34)27-17-11-24(6-3)12-18-27/h7-21H,4-6H2,1-3H3. The molecule has 1 aliphatic rings. The van der Waals surface area contributed by atoms with Crippen LogP contribution in [0.25, 0.3) is 22.3 Å². The Kier molecular flexibility index (Phi) is 6.02. The summed E-state index contributed by atoms with van der Waals surface area (Å²) < 4.78 is 0. The lowest BCUT2D eigenvalue weighted by molar-refractivity contribution is 0.105. The average Bonchev–Trinajstić information content (AvgIpc) is 3.20. The molecule has 168 valence electrons. The Morgan fingerprint density at radius 3 is 1.32 bits per heavy atom. The van der Waals surface area contributed by atoms with Crippen LogP contribution in [0.15, 0.2) is 91.0 Å². The van der Waals surface area contributed by atoms with Gasteiger partial charge in [-0.15, -0.1) is 0 Å². The smallest absolute Gasteiger partial charge is 0.194 e. The summed E-state index contributed by atoms with van der Waals surface area (Å²) in [5.74, 6) is 0.113. The molecule has 1 heteroatoms. The first-order valence-corrected chi connectivity index (χ1v) is 12.3. The van der Waals surface area contributed by atoms with Crippen molar-refractivity contribution in [1.82, 2.24) is 0 Å². The molecule has 0 N–H and O–H groups in total. The van der Waals surface area contributed by atoms with Gasteiger partial charge in [0.05, 0.1) is 0 Å². The van der Waals surface area contributed by atoms with Crippen LogP contribution in [-0.2, 0) is 19.3 Å². The van der Waals surface area contributed by atoms with E-state index < -0.39 is 0 Å². The van der Waals surface area contributed by atoms with Gasteiger partial charge in [0.1, 0.15) is 0 Å². The normalized spacial score (nSPS) is 12.9. The number of carbonyl (C=O) groups excluding carboxylic acids is 1. The van der Waals surface area contributed by atoms with Gasteiger partial charge >= 0.3 is 0 Å². The molecule has 0 saturated heterocycles. The van der Waals surface area contributed by atoms with Gasteiger partial charge in [0.2, 0.25) is 0 Å². The van der Waals surface area contributed by atoms with Crippen LogP contribution in [0, 0.1) is 0 Å². The Morgan fingerprint density at radius 2 is 0.853 bits per heavy atom. The topological polar surface area (TPSA) is 17.1 Å². The van der Waals surface area contributed by atoms with Crippen molar-refractivity contribution in [3.63, 3.8) is 0 Å². The third kappa shape index (κ3) is 3.92. The molecule has 0 atom stereocenters. The molecule has 5 rings (SSSR count). The molecule has 0 bridgehead atoms. The maximum atomic E-state index is 13.7. The highest BCUT2D eigenvalue weighted by atomic mass is 16.1. The molecule has 4 aromatic rings. The largest absolute Gasteiger partial charge is 0.289 e. The first-order valence-electron chi connectivity index (χ1n) is 12.3. The van der Waals surface area contributed by atoms with Gasteiger partial charge < -0.3 is 0 Å². The molecule has 0 radical (unpaired) electrons. The van der Waals surface area contributed by atoms with Gasteiger partial charge in [0, 0.05) is 16.7 Å². The minimum atomic E-state index is 0.113. The molecule has 4 aromatic carbocycles. The van der Waals surface area contributed by atoms with E-state index in [0.29, 0.717) is 0 Å². The van der Waals surface area contributed by atoms with Gasteiger partial charge in [-0.05, 0) is 75.9 Å². The van der Waals surface area contributed by atoms with Gasteiger partial charge in [0.25, 0.3) is 0 Å². The zero-order valence-corrected chi connectivity index (χ0v) is 20.2. The Balaban J connectivity index is 1.70. The number of hydrogen-bond acceptors (Lipinski definition) is 1. The molecule has 0 aromatic heterocycles. The summed E-state index contributed by atoms with van der Waals surface area (Å²) in [7, 11) is 0. The first kappa shape index (κ1) is 22.1. The van der Waals surface area contributed by atoms with Crippen LogP contribution >= 0.6 is 0 Å². The van der Waals surface area contributed by atoms with Crippen molar-refractivity contribution in [2.75, 3.05) is 0 Å². The Morgan fingerprint density at radius 1 is 0.441 bits per heavy atom. The fourth-order valence-corrected chi connectivity index (χ4v) is 4.83. The second kappa shape index (κ2) is 9.27. The molecule has 0 aliphatic heterocycles. The lowest BCUT2D eigenvalue weighted by Gasteiger charge is -2.11. The lowest BCUT2D eigenvalue weighted by atomic mass is 9.91. The summed E-state index contributed by atoms with van der Waals surface area (Å²) >= 11 is 0. The van der Waals surface area contributed by atoms with Crippen molar-refractivity contribution < 1.29 is 4.79 Å². The first-order chi connectivity index (χ1) is 16.6. The minimum Gasteiger partial charge on any atom is -0.289 e. The van der Waals surface area contributed by atoms with Crippen molar-refractivity contribution in [2.45, 2.75) is 40.0 Å². The zero-order valence-electron chi connectivity index (χ0n) is 20.2. The molecular formula is C33H30O. The molecular weight excluding hydrogens is 412 g/mol. The molecule has 0 unspecified atom stereocenters. The van der Waals surface area contributed by atoms with Crippen LogP contribution in [0.5, 0.6) is 0 Å². The van der Waals surface area contributed by atoms with Crippen LogP contribution in [0.2, 0.25) is 0 Å². The van der Waals surface area contributed by atoms with Crippen LogP contribution in [0.4, 0.5) is 0 Å². The minimum absolute atomic E-state index is 0.113. The summed E-state index contributed by atoms with van der Waals surface area (Å²) in [4.78, 5) is 13.7. The zero-order chi connectivity index (χ0) is 23.7. The highest BCUT2D eigenvalue weighted by molar-refractivity contribution is 6.41. The summed E-state index contributed by atoms with van der Waals surface area (Å²) in [5.41, 5.74) is 12.0. The number of aryl methyl sites for hydroxylation is 3. The predicted molar refractivity (Wildman–Crippen MR) is 143 cm³/mol. The maximum absolute atomic E-state index is 13.7. The van der Waals surface area contributed by atoms with Crippen molar-refractivity contribution in [2.24, 2.45) is 0 Å². The van der Waals surface area contributed by atoms with Crippen molar-refractivity contribution >= 4 is 16.9 Å². The fourth-order valence-electron chi connectivity index (χ4n) is 4.83. The van der Waals surface area contributed by atoms with Gasteiger partial charge in [0.15, 0.2) is 5.78 Å². The van der Waals surface area contributed by atoms with Crippen molar-refractivity contribution in [3.05, 3.63) is 130 Å². The van der Waals surface area contributed by atoms with E-state index in [1.165, 1.54) is 22.3 Å². The number of ketones is 1. The average molecular weight is 443 g/mol. The van der Waals surface area contributed by atoms with Crippen LogP contribution in [0.3, 0.4) is 0 Å². The molecule has 0 fully saturated rings. The third-order valence-electron chi connectivity index (χ3n) is 7.01. The van der Waals surface area contributed by atoms with E-state index in [4.69, 9.17) is 0 Å². The maximum Gasteiger partial charge on any atom is 0.194 e. The third-order valence-corrected chi connectivity index (χ3v) is 7.01. The second-order valence-electron chi connectivity index (χ2n) is 8.99. The van der Waals surface area contributed by atoms with E-state index >= 15 is 0 Å². The van der Waals surface area contributed by atoms with E-state index in [-0.39, 0.29) is 5.78 Å². The molecule has 1 nitrogen and oxygen atoms in total. The molecule has 0 amide bonds. The van der Waals surface area contributed by atoms with E-state index in [9.17, 15) is 4.79 Å². The lowest BCUT2D eigenvalue weighted by Crippen LogP contribution is -1.99. The highest BCUT2D eigenvalue weighted by Crippen LogP contribution is 2.43. The summed E-state index contributed by atoms with van der Waals surface area (Å²) in [6, 6.07) is 32.2. The van der Waals surface area contributed by atoms with Crippen LogP contribution < -0.4 is 0 Å². The Hall–Kier alpha value is -3.71. The second-order valence-corrected chi connectivity index (χ2v) is 8.99. The molecule has 0 spiro atoms. The summed E-state index contributed by atoms with van der Waals surface area (Å²) in [6.07, 6.45) is 3.01. The van der Waals surface area contributed by atoms with Gasteiger partial charge in [-0.25, -0.2) is 0 Å². The Labute approximate surface area is 202 Å². The quantitative estimate of drug-likeness (QED) is 0.294. The van der Waals surface area contributed by atoms with Crippen molar-refractivity contribution in [3.8, 4) is 11.1 Å². The number of fused-ring (bicyclic) bond motifs is 1. The number of carbonyl (C=O) groups is 1. The highest BCUT2D eigenvalue weighted by Gasteiger charge is 2.31. The number of hydrogen-bond donors (Lipinski definition) is 0. The molecule has 1 aliphatic carbocycles. The SMILES string of the molecule is CCc1ccc(C2=C(c3ccc(CC)cc3)c3cc(-c4ccc(CC)cc4)ccc3C2=O)cc1. The molecule has 34 heavy (non-hydrogen) atoms. The monoisotopic (exact) mass is 442 g/mol. The van der Waals surface area contributed by atoms with Crippen LogP contribution in [0.1, 0.15) is 64.5 Å². The van der Waals surface area contributed by atoms with Gasteiger partial charge in [-0.2, -0.15) is 0 Å². The van der Waals surface area contributed by atoms with E-state index in [1.807, 2.05) is 6.07 Å². The van der Waals surface area contributed by atoms with E-state index in [1.54, 1.807) is 0 Å². The van der Waals surface area contributed by atoms with E-state index in [2.05, 4.69) is 106 Å². The predicted octanol–water partition coefficient (Wildman–Crippen LogP) is 8.20. The van der Waals surface area contributed by atoms with Crippen LogP contribution in [-0.4, -0.2) is 5.78 Å².